The molecule has 7 aromatic carbocycles. The number of rotatable bonds is 4. The Morgan fingerprint density at radius 1 is 0.354 bits per heavy atom. The number of fused-ring (bicyclic) bond motifs is 11. The van der Waals surface area contributed by atoms with Gasteiger partial charge in [-0.3, -0.25) is 4.90 Å². The van der Waals surface area contributed by atoms with Crippen LogP contribution in [0.2, 0.25) is 0 Å². The Hall–Kier alpha value is -6.10. The Labute approximate surface area is 394 Å². The van der Waals surface area contributed by atoms with E-state index in [1.54, 1.807) is 0 Å². The average Bonchev–Trinajstić information content (AvgIpc) is 3.80. The van der Waals surface area contributed by atoms with Crippen LogP contribution in [-0.4, -0.2) is 27.1 Å². The van der Waals surface area contributed by atoms with Gasteiger partial charge in [0, 0.05) is 75.4 Å². The van der Waals surface area contributed by atoms with Gasteiger partial charge in [-0.2, -0.15) is 0 Å². The summed E-state index contributed by atoms with van der Waals surface area (Å²) in [4.78, 5) is 2.45. The van der Waals surface area contributed by atoms with Gasteiger partial charge in [0.25, 0.3) is 0 Å². The van der Waals surface area contributed by atoms with Crippen LogP contribution in [0.15, 0.2) is 164 Å². The number of hydrogen-bond donors (Lipinski definition) is 0. The van der Waals surface area contributed by atoms with Crippen molar-refractivity contribution >= 4 is 43.6 Å². The molecular formula is C61H81N3O. The average molecular weight is 872 g/mol. The third kappa shape index (κ3) is 13.0. The van der Waals surface area contributed by atoms with Crippen molar-refractivity contribution in [1.82, 2.24) is 14.0 Å². The van der Waals surface area contributed by atoms with Gasteiger partial charge in [0.2, 0.25) is 0 Å². The van der Waals surface area contributed by atoms with Crippen LogP contribution in [0, 0.1) is 0 Å². The van der Waals surface area contributed by atoms with E-state index in [0.717, 1.165) is 36.7 Å². The van der Waals surface area contributed by atoms with Gasteiger partial charge in [-0.15, -0.1) is 0 Å². The van der Waals surface area contributed by atoms with Crippen LogP contribution < -0.4 is 4.74 Å². The summed E-state index contributed by atoms with van der Waals surface area (Å²) in [6, 6.07) is 57.4. The lowest BCUT2D eigenvalue weighted by atomic mass is 9.90. The molecule has 0 spiro atoms. The van der Waals surface area contributed by atoms with Crippen molar-refractivity contribution in [2.45, 2.75) is 103 Å². The highest BCUT2D eigenvalue weighted by Gasteiger charge is 2.23. The van der Waals surface area contributed by atoms with Crippen molar-refractivity contribution in [1.29, 1.82) is 0 Å². The predicted octanol–water partition coefficient (Wildman–Crippen LogP) is 18.8. The number of aryl methyl sites for hydroxylation is 2. The molecule has 65 heavy (non-hydrogen) atoms. The third-order valence-corrected chi connectivity index (χ3v) is 10.6. The van der Waals surface area contributed by atoms with Crippen molar-refractivity contribution < 1.29 is 4.74 Å². The first kappa shape index (κ1) is 55.0. The van der Waals surface area contributed by atoms with Crippen molar-refractivity contribution in [3.05, 3.63) is 169 Å². The number of benzene rings is 7. The van der Waals surface area contributed by atoms with Gasteiger partial charge in [-0.05, 0) is 66.2 Å². The number of nitrogens with zero attached hydrogens (tertiary/aromatic N) is 3. The molecule has 0 unspecified atom stereocenters. The lowest BCUT2D eigenvalue weighted by molar-refractivity contribution is 0.296. The molecule has 4 heteroatoms. The normalized spacial score (nSPS) is 9.98. The fourth-order valence-electron chi connectivity index (χ4n) is 7.86. The van der Waals surface area contributed by atoms with Crippen LogP contribution in [0.25, 0.3) is 65.9 Å². The van der Waals surface area contributed by atoms with Gasteiger partial charge < -0.3 is 13.9 Å². The number of ether oxygens (including phenoxy) is 1. The monoisotopic (exact) mass is 872 g/mol. The van der Waals surface area contributed by atoms with Gasteiger partial charge in [-0.1, -0.05) is 224 Å². The summed E-state index contributed by atoms with van der Waals surface area (Å²) in [5.74, 6) is 1.86. The molecule has 0 fully saturated rings. The van der Waals surface area contributed by atoms with Crippen LogP contribution in [0.1, 0.15) is 102 Å². The largest absolute Gasteiger partial charge is 0.456 e. The number of hydrogen-bond acceptors (Lipinski definition) is 2. The third-order valence-electron chi connectivity index (χ3n) is 10.6. The van der Waals surface area contributed by atoms with Crippen LogP contribution in [-0.2, 0) is 20.6 Å². The Morgan fingerprint density at radius 2 is 0.662 bits per heavy atom. The molecule has 0 radical (unpaired) electrons. The molecular weight excluding hydrogens is 791 g/mol. The summed E-state index contributed by atoms with van der Waals surface area (Å²) in [5.41, 5.74) is 11.4. The summed E-state index contributed by atoms with van der Waals surface area (Å²) >= 11 is 0. The lowest BCUT2D eigenvalue weighted by Crippen LogP contribution is -2.22. The zero-order valence-electron chi connectivity index (χ0n) is 43.0. The standard InChI is InChI=1S/C23H23NO.2C13H11N.6C2H6/c1-3-24(4-2)16-17-10-9-13-19-18-11-5-7-14-21(18)25-22-15-8-6-12-20(22)23(17)19;2*1-14-12-8-4-2-6-10(12)11-7-3-5-9-13(11)14;6*1-2/h5-15H,3-4,16H2,1-2H3;2*2-9H,1H3;6*1-2H3. The first-order valence-electron chi connectivity index (χ1n) is 24.6. The predicted molar refractivity (Wildman–Crippen MR) is 293 cm³/mol. The van der Waals surface area contributed by atoms with Crippen molar-refractivity contribution in [3.63, 3.8) is 0 Å². The van der Waals surface area contributed by atoms with E-state index in [4.69, 9.17) is 4.74 Å². The van der Waals surface area contributed by atoms with Crippen LogP contribution in [0.5, 0.6) is 11.5 Å². The highest BCUT2D eigenvalue weighted by molar-refractivity contribution is 6.08. The van der Waals surface area contributed by atoms with Gasteiger partial charge in [0.05, 0.1) is 0 Å². The molecule has 0 atom stereocenters. The highest BCUT2D eigenvalue weighted by atomic mass is 16.5. The van der Waals surface area contributed by atoms with Crippen LogP contribution >= 0.6 is 0 Å². The van der Waals surface area contributed by atoms with Crippen molar-refractivity contribution in [2.24, 2.45) is 14.1 Å². The summed E-state index contributed by atoms with van der Waals surface area (Å²) in [6.07, 6.45) is 0. The Kier molecular flexibility index (Phi) is 25.5. The second-order valence-electron chi connectivity index (χ2n) is 13.6. The first-order valence-corrected chi connectivity index (χ1v) is 24.6. The molecule has 0 saturated carbocycles. The van der Waals surface area contributed by atoms with Gasteiger partial charge in [-0.25, -0.2) is 0 Å². The van der Waals surface area contributed by atoms with Crippen molar-refractivity contribution in [2.75, 3.05) is 13.1 Å². The molecule has 0 amide bonds. The van der Waals surface area contributed by atoms with E-state index in [0.29, 0.717) is 0 Å². The van der Waals surface area contributed by atoms with Gasteiger partial charge in [0.1, 0.15) is 11.5 Å². The van der Waals surface area contributed by atoms with Crippen LogP contribution in [0.3, 0.4) is 0 Å². The fourth-order valence-corrected chi connectivity index (χ4v) is 7.86. The van der Waals surface area contributed by atoms with E-state index >= 15 is 0 Å². The quantitative estimate of drug-likeness (QED) is 0.176. The molecule has 4 nitrogen and oxygen atoms in total. The molecule has 1 aliphatic heterocycles. The summed E-state index contributed by atoms with van der Waals surface area (Å²) in [7, 11) is 4.23. The second kappa shape index (κ2) is 30.1. The van der Waals surface area contributed by atoms with Crippen LogP contribution in [0.4, 0.5) is 0 Å². The topological polar surface area (TPSA) is 22.3 Å². The number of aromatic nitrogens is 2. The molecule has 9 aromatic rings. The minimum atomic E-state index is 0.925. The maximum absolute atomic E-state index is 6.28. The molecule has 2 aromatic heterocycles. The summed E-state index contributed by atoms with van der Waals surface area (Å²) < 4.78 is 10.8. The fraction of sp³-hybridized carbons (Fsp3) is 0.311. The smallest absolute Gasteiger partial charge is 0.135 e. The number of para-hydroxylation sites is 6. The minimum Gasteiger partial charge on any atom is -0.456 e. The van der Waals surface area contributed by atoms with Crippen molar-refractivity contribution in [3.8, 4) is 33.8 Å². The molecule has 3 heterocycles. The van der Waals surface area contributed by atoms with E-state index in [1.165, 1.54) is 65.9 Å². The second-order valence-corrected chi connectivity index (χ2v) is 13.6. The Balaban J connectivity index is 0.000000313. The zero-order valence-corrected chi connectivity index (χ0v) is 43.0. The molecule has 0 N–H and O–H groups in total. The Morgan fingerprint density at radius 3 is 1.05 bits per heavy atom. The van der Waals surface area contributed by atoms with Gasteiger partial charge >= 0.3 is 0 Å². The highest BCUT2D eigenvalue weighted by Crippen LogP contribution is 2.47. The molecule has 0 bridgehead atoms. The molecule has 10 rings (SSSR count). The van der Waals surface area contributed by atoms with E-state index in [2.05, 4.69) is 194 Å². The molecule has 0 aliphatic carbocycles. The summed E-state index contributed by atoms with van der Waals surface area (Å²) in [5, 5.41) is 5.35. The SMILES string of the molecule is CC.CC.CC.CC.CC.CC.CCN(CC)Cc1cccc2c1-c1ccccc1Oc1ccccc1-2.Cn1c2ccccc2c2ccccc21.Cn1c2ccccc2c2ccccc21. The molecule has 346 valence electrons. The maximum atomic E-state index is 6.28. The van der Waals surface area contributed by atoms with Gasteiger partial charge in [0.15, 0.2) is 0 Å². The van der Waals surface area contributed by atoms with E-state index in [-0.39, 0.29) is 0 Å². The minimum absolute atomic E-state index is 0.925. The first-order chi connectivity index (χ1) is 32.1. The molecule has 1 aliphatic rings. The summed E-state index contributed by atoms with van der Waals surface area (Å²) in [6.45, 7) is 31.5. The maximum Gasteiger partial charge on any atom is 0.135 e. The van der Waals surface area contributed by atoms with E-state index in [1.807, 2.05) is 95.2 Å². The Bertz CT molecular complexity index is 2480. The van der Waals surface area contributed by atoms with E-state index < -0.39 is 0 Å². The zero-order chi connectivity index (χ0) is 48.3. The molecule has 0 saturated heterocycles. The lowest BCUT2D eigenvalue weighted by Gasteiger charge is -2.21. The van der Waals surface area contributed by atoms with E-state index in [9.17, 15) is 0 Å².